The molecule has 2 aromatic rings. The highest BCUT2D eigenvalue weighted by Crippen LogP contribution is 2.24. The van der Waals surface area contributed by atoms with Crippen molar-refractivity contribution in [2.75, 3.05) is 6.54 Å². The molecule has 0 aliphatic heterocycles. The molecule has 0 unspecified atom stereocenters. The minimum Gasteiger partial charge on any atom is -0.444 e. The molecule has 28 heavy (non-hydrogen) atoms. The van der Waals surface area contributed by atoms with Crippen LogP contribution in [0, 0.1) is 11.3 Å². The van der Waals surface area contributed by atoms with Crippen molar-refractivity contribution < 1.29 is 14.3 Å². The Kier molecular flexibility index (Phi) is 7.16. The Morgan fingerprint density at radius 1 is 1.07 bits per heavy atom. The predicted octanol–water partition coefficient (Wildman–Crippen LogP) is 3.43. The minimum absolute atomic E-state index is 0.133. The van der Waals surface area contributed by atoms with E-state index in [1.165, 1.54) is 0 Å². The monoisotopic (exact) mass is 379 g/mol. The van der Waals surface area contributed by atoms with Crippen LogP contribution in [0.1, 0.15) is 26.3 Å². The number of ether oxygens (including phenoxy) is 1. The van der Waals surface area contributed by atoms with Crippen LogP contribution >= 0.6 is 0 Å². The van der Waals surface area contributed by atoms with Crippen molar-refractivity contribution in [1.29, 1.82) is 5.26 Å². The Morgan fingerprint density at radius 3 is 2.36 bits per heavy atom. The molecule has 1 atom stereocenters. The second-order valence-electron chi connectivity index (χ2n) is 7.30. The molecule has 0 aromatic heterocycles. The molecule has 6 heteroatoms. The predicted molar refractivity (Wildman–Crippen MR) is 107 cm³/mol. The van der Waals surface area contributed by atoms with Crippen LogP contribution in [0.15, 0.2) is 54.6 Å². The van der Waals surface area contributed by atoms with E-state index in [0.717, 1.165) is 16.7 Å². The van der Waals surface area contributed by atoms with Gasteiger partial charge in [0, 0.05) is 6.42 Å². The number of alkyl carbamates (subject to hydrolysis) is 1. The van der Waals surface area contributed by atoms with Gasteiger partial charge in [0.2, 0.25) is 5.91 Å². The van der Waals surface area contributed by atoms with Gasteiger partial charge in [-0.25, -0.2) is 4.79 Å². The summed E-state index contributed by atoms with van der Waals surface area (Å²) >= 11 is 0. The first kappa shape index (κ1) is 21.0. The molecule has 146 valence electrons. The molecule has 0 saturated heterocycles. The summed E-state index contributed by atoms with van der Waals surface area (Å²) in [5, 5.41) is 13.9. The van der Waals surface area contributed by atoms with Gasteiger partial charge in [0.05, 0.1) is 6.07 Å². The molecule has 2 N–H and O–H groups in total. The Hall–Kier alpha value is -3.33. The lowest BCUT2D eigenvalue weighted by Crippen LogP contribution is -2.49. The lowest BCUT2D eigenvalue weighted by Gasteiger charge is -2.23. The zero-order chi connectivity index (χ0) is 20.6. The molecule has 0 fully saturated rings. The third kappa shape index (κ3) is 6.44. The zero-order valence-electron chi connectivity index (χ0n) is 16.4. The molecule has 0 heterocycles. The van der Waals surface area contributed by atoms with E-state index >= 15 is 0 Å². The number of nitrogens with zero attached hydrogens (tertiary/aromatic N) is 1. The number of benzene rings is 2. The van der Waals surface area contributed by atoms with Crippen LogP contribution in [0.2, 0.25) is 0 Å². The van der Waals surface area contributed by atoms with Gasteiger partial charge in [-0.3, -0.25) is 4.79 Å². The number of hydrogen-bond acceptors (Lipinski definition) is 4. The van der Waals surface area contributed by atoms with Crippen LogP contribution in [0.5, 0.6) is 0 Å². The van der Waals surface area contributed by atoms with E-state index in [1.807, 2.05) is 60.7 Å². The second-order valence-corrected chi connectivity index (χ2v) is 7.30. The lowest BCUT2D eigenvalue weighted by atomic mass is 9.95. The van der Waals surface area contributed by atoms with Crippen molar-refractivity contribution in [3.8, 4) is 17.2 Å². The standard InChI is InChI=1S/C22H25N3O3/c1-22(2,3)28-21(27)25-19(20(26)24-14-13-23)15-17-11-7-8-12-18(17)16-9-5-4-6-10-16/h4-12,19H,14-15H2,1-3H3,(H,24,26)(H,25,27)/t19-/m0/s1. The van der Waals surface area contributed by atoms with Crippen LogP contribution in [-0.2, 0) is 16.0 Å². The van der Waals surface area contributed by atoms with Crippen LogP contribution < -0.4 is 10.6 Å². The fourth-order valence-corrected chi connectivity index (χ4v) is 2.73. The first-order valence-electron chi connectivity index (χ1n) is 9.07. The average Bonchev–Trinajstić information content (AvgIpc) is 2.65. The van der Waals surface area contributed by atoms with Crippen molar-refractivity contribution in [3.63, 3.8) is 0 Å². The largest absolute Gasteiger partial charge is 0.444 e. The molecular weight excluding hydrogens is 354 g/mol. The fourth-order valence-electron chi connectivity index (χ4n) is 2.73. The van der Waals surface area contributed by atoms with Crippen molar-refractivity contribution in [3.05, 3.63) is 60.2 Å². The average molecular weight is 379 g/mol. The quantitative estimate of drug-likeness (QED) is 0.752. The van der Waals surface area contributed by atoms with E-state index in [4.69, 9.17) is 10.00 Å². The van der Waals surface area contributed by atoms with Crippen LogP contribution in [0.25, 0.3) is 11.1 Å². The number of carbonyl (C=O) groups excluding carboxylic acids is 2. The topological polar surface area (TPSA) is 91.2 Å². The molecule has 0 saturated carbocycles. The Balaban J connectivity index is 2.26. The van der Waals surface area contributed by atoms with Crippen molar-refractivity contribution >= 4 is 12.0 Å². The van der Waals surface area contributed by atoms with Gasteiger partial charge in [-0.1, -0.05) is 54.6 Å². The summed E-state index contributed by atoms with van der Waals surface area (Å²) in [4.78, 5) is 24.7. The maximum Gasteiger partial charge on any atom is 0.408 e. The third-order valence-electron chi connectivity index (χ3n) is 3.88. The molecule has 0 aliphatic rings. The Morgan fingerprint density at radius 2 is 1.71 bits per heavy atom. The maximum atomic E-state index is 12.5. The lowest BCUT2D eigenvalue weighted by molar-refractivity contribution is -0.122. The van der Waals surface area contributed by atoms with Gasteiger partial charge in [0.25, 0.3) is 0 Å². The molecular formula is C22H25N3O3. The fraction of sp³-hybridized carbons (Fsp3) is 0.318. The summed E-state index contributed by atoms with van der Waals surface area (Å²) < 4.78 is 5.28. The van der Waals surface area contributed by atoms with Gasteiger partial charge in [0.1, 0.15) is 18.2 Å². The number of amides is 2. The molecule has 0 aliphatic carbocycles. The highest BCUT2D eigenvalue weighted by atomic mass is 16.6. The van der Waals surface area contributed by atoms with Gasteiger partial charge in [0.15, 0.2) is 0 Å². The van der Waals surface area contributed by atoms with E-state index < -0.39 is 23.6 Å². The number of rotatable bonds is 6. The SMILES string of the molecule is CC(C)(C)OC(=O)N[C@@H](Cc1ccccc1-c1ccccc1)C(=O)NCC#N. The molecule has 6 nitrogen and oxygen atoms in total. The van der Waals surface area contributed by atoms with Gasteiger partial charge < -0.3 is 15.4 Å². The Labute approximate surface area is 165 Å². The highest BCUT2D eigenvalue weighted by molar-refractivity contribution is 5.86. The molecule has 0 spiro atoms. The van der Waals surface area contributed by atoms with Gasteiger partial charge in [-0.05, 0) is 37.5 Å². The van der Waals surface area contributed by atoms with E-state index in [9.17, 15) is 9.59 Å². The third-order valence-corrected chi connectivity index (χ3v) is 3.88. The van der Waals surface area contributed by atoms with Crippen molar-refractivity contribution in [2.24, 2.45) is 0 Å². The van der Waals surface area contributed by atoms with Crippen LogP contribution in [-0.4, -0.2) is 30.2 Å². The Bertz CT molecular complexity index is 851. The van der Waals surface area contributed by atoms with E-state index in [0.29, 0.717) is 0 Å². The van der Waals surface area contributed by atoms with E-state index in [1.54, 1.807) is 20.8 Å². The summed E-state index contributed by atoms with van der Waals surface area (Å²) in [5.41, 5.74) is 2.22. The molecule has 2 amide bonds. The smallest absolute Gasteiger partial charge is 0.408 e. The number of carbonyl (C=O) groups is 2. The highest BCUT2D eigenvalue weighted by Gasteiger charge is 2.25. The molecule has 0 bridgehead atoms. The summed E-state index contributed by atoms with van der Waals surface area (Å²) in [6.45, 7) is 5.12. The van der Waals surface area contributed by atoms with Gasteiger partial charge in [-0.2, -0.15) is 5.26 Å². The molecule has 2 aromatic carbocycles. The first-order valence-corrected chi connectivity index (χ1v) is 9.07. The number of nitriles is 1. The zero-order valence-corrected chi connectivity index (χ0v) is 16.4. The summed E-state index contributed by atoms with van der Waals surface area (Å²) in [5.74, 6) is -0.435. The van der Waals surface area contributed by atoms with Crippen molar-refractivity contribution in [2.45, 2.75) is 38.8 Å². The van der Waals surface area contributed by atoms with E-state index in [2.05, 4.69) is 10.6 Å². The summed E-state index contributed by atoms with van der Waals surface area (Å²) in [6.07, 6.45) is -0.413. The first-order chi connectivity index (χ1) is 13.3. The molecule has 2 rings (SSSR count). The second kappa shape index (κ2) is 9.56. The van der Waals surface area contributed by atoms with Crippen LogP contribution in [0.3, 0.4) is 0 Å². The number of nitrogens with one attached hydrogen (secondary N) is 2. The van der Waals surface area contributed by atoms with Crippen LogP contribution in [0.4, 0.5) is 4.79 Å². The maximum absolute atomic E-state index is 12.5. The molecule has 0 radical (unpaired) electrons. The minimum atomic E-state index is -0.868. The van der Waals surface area contributed by atoms with Gasteiger partial charge >= 0.3 is 6.09 Å². The number of hydrogen-bond donors (Lipinski definition) is 2. The normalized spacial score (nSPS) is 11.8. The summed E-state index contributed by atoms with van der Waals surface area (Å²) in [6, 6.07) is 18.5. The van der Waals surface area contributed by atoms with Gasteiger partial charge in [-0.15, -0.1) is 0 Å². The van der Waals surface area contributed by atoms with Crippen molar-refractivity contribution in [1.82, 2.24) is 10.6 Å². The van der Waals surface area contributed by atoms with E-state index in [-0.39, 0.29) is 13.0 Å². The summed E-state index contributed by atoms with van der Waals surface area (Å²) in [7, 11) is 0.